The topological polar surface area (TPSA) is 35.5 Å². The quantitative estimate of drug-likeness (QED) is 0.610. The lowest BCUT2D eigenvalue weighted by atomic mass is 10.2. The minimum atomic E-state index is -3.35. The summed E-state index contributed by atoms with van der Waals surface area (Å²) in [5.74, 6) is -4.97. The molecule has 0 bridgehead atoms. The van der Waals surface area contributed by atoms with Crippen LogP contribution in [0.4, 0.5) is 17.6 Å². The molecule has 17 heavy (non-hydrogen) atoms. The number of esters is 1. The molecule has 0 unspecified atom stereocenters. The number of carbonyl (C=O) groups excluding carboxylic acids is 1. The van der Waals surface area contributed by atoms with Gasteiger partial charge in [0.2, 0.25) is 0 Å². The molecule has 0 aliphatic heterocycles. The molecule has 1 aromatic carbocycles. The molecule has 0 aliphatic rings. The van der Waals surface area contributed by atoms with Crippen LogP contribution in [0, 0.1) is 11.6 Å². The van der Waals surface area contributed by atoms with Crippen LogP contribution in [0.2, 0.25) is 0 Å². The van der Waals surface area contributed by atoms with E-state index < -0.39 is 35.5 Å². The van der Waals surface area contributed by atoms with Crippen LogP contribution in [-0.2, 0) is 4.74 Å². The molecular formula is C10H8F4O3. The molecule has 0 fully saturated rings. The molecule has 0 spiro atoms. The van der Waals surface area contributed by atoms with Crippen molar-refractivity contribution in [2.45, 2.75) is 13.5 Å². The highest BCUT2D eigenvalue weighted by molar-refractivity contribution is 5.89. The lowest BCUT2D eigenvalue weighted by molar-refractivity contribution is -0.0546. The second-order valence-corrected chi connectivity index (χ2v) is 2.87. The molecule has 0 amide bonds. The van der Waals surface area contributed by atoms with E-state index >= 15 is 0 Å². The molecule has 0 radical (unpaired) electrons. The van der Waals surface area contributed by atoms with E-state index in [1.165, 1.54) is 6.92 Å². The summed E-state index contributed by atoms with van der Waals surface area (Å²) in [6, 6.07) is 1.14. The number of hydrogen-bond acceptors (Lipinski definition) is 3. The van der Waals surface area contributed by atoms with Crippen LogP contribution in [-0.4, -0.2) is 19.2 Å². The van der Waals surface area contributed by atoms with Gasteiger partial charge in [0.1, 0.15) is 0 Å². The minimum Gasteiger partial charge on any atom is -0.462 e. The summed E-state index contributed by atoms with van der Waals surface area (Å²) in [5.41, 5.74) is -0.413. The number of benzene rings is 1. The van der Waals surface area contributed by atoms with Crippen LogP contribution >= 0.6 is 0 Å². The van der Waals surface area contributed by atoms with Crippen LogP contribution in [0.3, 0.4) is 0 Å². The van der Waals surface area contributed by atoms with Crippen LogP contribution in [0.5, 0.6) is 5.75 Å². The Morgan fingerprint density at radius 1 is 1.29 bits per heavy atom. The summed E-state index contributed by atoms with van der Waals surface area (Å²) in [7, 11) is 0. The molecule has 1 rings (SSSR count). The predicted octanol–water partition coefficient (Wildman–Crippen LogP) is 2.74. The zero-order valence-electron chi connectivity index (χ0n) is 8.68. The predicted molar refractivity (Wildman–Crippen MR) is 48.9 cm³/mol. The Hall–Kier alpha value is -1.79. The Kier molecular flexibility index (Phi) is 4.30. The summed E-state index contributed by atoms with van der Waals surface area (Å²) in [6.07, 6.45) is 0. The third kappa shape index (κ3) is 3.33. The highest BCUT2D eigenvalue weighted by Gasteiger charge is 2.19. The van der Waals surface area contributed by atoms with Crippen LogP contribution in [0.25, 0.3) is 0 Å². The maximum atomic E-state index is 13.2. The van der Waals surface area contributed by atoms with Crippen LogP contribution < -0.4 is 4.74 Å². The van der Waals surface area contributed by atoms with E-state index in [-0.39, 0.29) is 6.61 Å². The fraction of sp³-hybridized carbons (Fsp3) is 0.300. The van der Waals surface area contributed by atoms with E-state index in [9.17, 15) is 22.4 Å². The number of rotatable bonds is 4. The first-order chi connectivity index (χ1) is 7.95. The van der Waals surface area contributed by atoms with Gasteiger partial charge in [0.05, 0.1) is 12.2 Å². The number of halogens is 4. The average Bonchev–Trinajstić information content (AvgIpc) is 2.23. The number of carbonyl (C=O) groups is 1. The SMILES string of the molecule is CCOC(=O)c1cc(F)c(OC(F)F)c(F)c1. The Balaban J connectivity index is 3.04. The van der Waals surface area contributed by atoms with Gasteiger partial charge in [-0.2, -0.15) is 8.78 Å². The van der Waals surface area contributed by atoms with Crippen molar-refractivity contribution in [3.63, 3.8) is 0 Å². The van der Waals surface area contributed by atoms with Crippen molar-refractivity contribution < 1.29 is 31.8 Å². The van der Waals surface area contributed by atoms with Crippen LogP contribution in [0.15, 0.2) is 12.1 Å². The summed E-state index contributed by atoms with van der Waals surface area (Å²) < 4.78 is 58.1. The zero-order valence-corrected chi connectivity index (χ0v) is 8.68. The molecule has 0 aliphatic carbocycles. The monoisotopic (exact) mass is 252 g/mol. The highest BCUT2D eigenvalue weighted by atomic mass is 19.3. The van der Waals surface area contributed by atoms with E-state index in [1.54, 1.807) is 0 Å². The first-order valence-corrected chi connectivity index (χ1v) is 4.56. The van der Waals surface area contributed by atoms with E-state index in [2.05, 4.69) is 9.47 Å². The van der Waals surface area contributed by atoms with Gasteiger partial charge in [-0.1, -0.05) is 0 Å². The molecule has 94 valence electrons. The van der Waals surface area contributed by atoms with Crippen molar-refractivity contribution in [3.05, 3.63) is 29.3 Å². The Morgan fingerprint density at radius 3 is 2.24 bits per heavy atom. The molecule has 0 saturated heterocycles. The molecule has 0 N–H and O–H groups in total. The Bertz CT molecular complexity index is 397. The molecule has 0 aromatic heterocycles. The number of ether oxygens (including phenoxy) is 2. The first-order valence-electron chi connectivity index (χ1n) is 4.56. The van der Waals surface area contributed by atoms with E-state index in [4.69, 9.17) is 0 Å². The smallest absolute Gasteiger partial charge is 0.387 e. The summed E-state index contributed by atoms with van der Waals surface area (Å²) in [5, 5.41) is 0. The maximum absolute atomic E-state index is 13.2. The Morgan fingerprint density at radius 2 is 1.82 bits per heavy atom. The van der Waals surface area contributed by atoms with Crippen LogP contribution in [0.1, 0.15) is 17.3 Å². The number of hydrogen-bond donors (Lipinski definition) is 0. The molecule has 3 nitrogen and oxygen atoms in total. The summed E-state index contributed by atoms with van der Waals surface area (Å²) in [4.78, 5) is 11.1. The van der Waals surface area contributed by atoms with Gasteiger partial charge in [0, 0.05) is 0 Å². The summed E-state index contributed by atoms with van der Waals surface area (Å²) >= 11 is 0. The molecule has 0 atom stereocenters. The van der Waals surface area contributed by atoms with E-state index in [0.717, 1.165) is 0 Å². The van der Waals surface area contributed by atoms with Crippen molar-refractivity contribution in [1.82, 2.24) is 0 Å². The van der Waals surface area contributed by atoms with E-state index in [1.807, 2.05) is 0 Å². The lowest BCUT2D eigenvalue weighted by Crippen LogP contribution is -2.09. The molecule has 1 aromatic rings. The second kappa shape index (κ2) is 5.51. The molecule has 0 heterocycles. The zero-order chi connectivity index (χ0) is 13.0. The van der Waals surface area contributed by atoms with Gasteiger partial charge in [-0.25, -0.2) is 13.6 Å². The molecule has 0 saturated carbocycles. The van der Waals surface area contributed by atoms with Gasteiger partial charge < -0.3 is 9.47 Å². The minimum absolute atomic E-state index is 0.0252. The lowest BCUT2D eigenvalue weighted by Gasteiger charge is -2.08. The van der Waals surface area contributed by atoms with Gasteiger partial charge >= 0.3 is 12.6 Å². The average molecular weight is 252 g/mol. The van der Waals surface area contributed by atoms with Gasteiger partial charge in [-0.05, 0) is 19.1 Å². The van der Waals surface area contributed by atoms with Gasteiger partial charge in [0.15, 0.2) is 17.4 Å². The van der Waals surface area contributed by atoms with Crippen molar-refractivity contribution >= 4 is 5.97 Å². The van der Waals surface area contributed by atoms with Crippen molar-refractivity contribution in [1.29, 1.82) is 0 Å². The third-order valence-electron chi connectivity index (χ3n) is 1.72. The molecular weight excluding hydrogens is 244 g/mol. The normalized spacial score (nSPS) is 10.5. The van der Waals surface area contributed by atoms with E-state index in [0.29, 0.717) is 12.1 Å². The number of alkyl halides is 2. The third-order valence-corrected chi connectivity index (χ3v) is 1.72. The largest absolute Gasteiger partial charge is 0.462 e. The fourth-order valence-corrected chi connectivity index (χ4v) is 1.09. The standard InChI is InChI=1S/C10H8F4O3/c1-2-16-9(15)5-3-6(11)8(7(12)4-5)17-10(13)14/h3-4,10H,2H2,1H3. The van der Waals surface area contributed by atoms with Crippen molar-refractivity contribution in [2.24, 2.45) is 0 Å². The maximum Gasteiger partial charge on any atom is 0.387 e. The first kappa shape index (κ1) is 13.3. The van der Waals surface area contributed by atoms with Crippen molar-refractivity contribution in [3.8, 4) is 5.75 Å². The van der Waals surface area contributed by atoms with Gasteiger partial charge in [-0.3, -0.25) is 0 Å². The Labute approximate surface area is 93.9 Å². The second-order valence-electron chi connectivity index (χ2n) is 2.87. The molecule has 7 heteroatoms. The fourth-order valence-electron chi connectivity index (χ4n) is 1.09. The highest BCUT2D eigenvalue weighted by Crippen LogP contribution is 2.25. The summed E-state index contributed by atoms with van der Waals surface area (Å²) in [6.45, 7) is -1.82. The van der Waals surface area contributed by atoms with Crippen molar-refractivity contribution in [2.75, 3.05) is 6.61 Å². The van der Waals surface area contributed by atoms with Gasteiger partial charge in [-0.15, -0.1) is 0 Å². The van der Waals surface area contributed by atoms with Gasteiger partial charge in [0.25, 0.3) is 0 Å².